The van der Waals surface area contributed by atoms with Crippen molar-refractivity contribution in [1.82, 2.24) is 4.90 Å². The molecule has 0 unspecified atom stereocenters. The number of amides is 2. The minimum atomic E-state index is -0.574. The van der Waals surface area contributed by atoms with Crippen LogP contribution in [0, 0.1) is 5.92 Å². The Kier molecular flexibility index (Phi) is 9.21. The van der Waals surface area contributed by atoms with Crippen LogP contribution in [0.4, 0.5) is 0 Å². The van der Waals surface area contributed by atoms with Crippen molar-refractivity contribution < 1.29 is 9.59 Å². The van der Waals surface area contributed by atoms with Crippen molar-refractivity contribution in [3.8, 4) is 0 Å². The van der Waals surface area contributed by atoms with Gasteiger partial charge in [0, 0.05) is 6.54 Å². The number of nitrogens with zero attached hydrogens (tertiary/aromatic N) is 1. The first-order valence-corrected chi connectivity index (χ1v) is 7.72. The second-order valence-electron chi connectivity index (χ2n) is 5.72. The maximum Gasteiger partial charge on any atom is 0.240 e. The molecule has 0 heterocycles. The zero-order valence-electron chi connectivity index (χ0n) is 13.4. The van der Waals surface area contributed by atoms with E-state index >= 15 is 0 Å². The van der Waals surface area contributed by atoms with Crippen LogP contribution < -0.4 is 11.5 Å². The highest BCUT2D eigenvalue weighted by Gasteiger charge is 2.31. The average molecular weight is 285 g/mol. The fourth-order valence-corrected chi connectivity index (χ4v) is 2.07. The summed E-state index contributed by atoms with van der Waals surface area (Å²) in [5.74, 6) is -0.543. The SMILES string of the molecule is CCCC[C@@H](C(N)=O)N(CCCC)C(=O)[C@@H](N)C(C)C. The molecule has 2 amide bonds. The summed E-state index contributed by atoms with van der Waals surface area (Å²) >= 11 is 0. The zero-order chi connectivity index (χ0) is 15.7. The summed E-state index contributed by atoms with van der Waals surface area (Å²) in [5.41, 5.74) is 11.4. The van der Waals surface area contributed by atoms with Gasteiger partial charge >= 0.3 is 0 Å². The number of rotatable bonds is 10. The van der Waals surface area contributed by atoms with Crippen molar-refractivity contribution in [2.24, 2.45) is 17.4 Å². The van der Waals surface area contributed by atoms with E-state index in [0.29, 0.717) is 13.0 Å². The second-order valence-corrected chi connectivity index (χ2v) is 5.72. The lowest BCUT2D eigenvalue weighted by Crippen LogP contribution is -2.54. The molecular formula is C15H31N3O2. The topological polar surface area (TPSA) is 89.4 Å². The van der Waals surface area contributed by atoms with Crippen molar-refractivity contribution in [3.63, 3.8) is 0 Å². The number of unbranched alkanes of at least 4 members (excludes halogenated alkanes) is 2. The molecule has 0 rings (SSSR count). The van der Waals surface area contributed by atoms with E-state index in [4.69, 9.17) is 11.5 Å². The smallest absolute Gasteiger partial charge is 0.240 e. The van der Waals surface area contributed by atoms with E-state index in [2.05, 4.69) is 13.8 Å². The van der Waals surface area contributed by atoms with Gasteiger partial charge < -0.3 is 16.4 Å². The summed E-state index contributed by atoms with van der Waals surface area (Å²) in [6, 6.07) is -1.10. The summed E-state index contributed by atoms with van der Waals surface area (Å²) < 4.78 is 0. The van der Waals surface area contributed by atoms with Crippen LogP contribution in [-0.2, 0) is 9.59 Å². The van der Waals surface area contributed by atoms with E-state index in [0.717, 1.165) is 25.7 Å². The Morgan fingerprint density at radius 2 is 1.65 bits per heavy atom. The quantitative estimate of drug-likeness (QED) is 0.639. The van der Waals surface area contributed by atoms with Crippen LogP contribution in [0.3, 0.4) is 0 Å². The molecule has 5 nitrogen and oxygen atoms in total. The molecule has 0 aromatic rings. The number of hydrogen-bond donors (Lipinski definition) is 2. The van der Waals surface area contributed by atoms with E-state index in [1.165, 1.54) is 0 Å². The minimum absolute atomic E-state index is 0.0475. The molecule has 5 heteroatoms. The molecule has 0 radical (unpaired) electrons. The fourth-order valence-electron chi connectivity index (χ4n) is 2.07. The average Bonchev–Trinajstić information content (AvgIpc) is 2.40. The van der Waals surface area contributed by atoms with E-state index < -0.39 is 18.0 Å². The van der Waals surface area contributed by atoms with Gasteiger partial charge in [-0.3, -0.25) is 9.59 Å². The van der Waals surface area contributed by atoms with Gasteiger partial charge in [-0.1, -0.05) is 47.0 Å². The molecular weight excluding hydrogens is 254 g/mol. The van der Waals surface area contributed by atoms with Gasteiger partial charge in [-0.2, -0.15) is 0 Å². The van der Waals surface area contributed by atoms with Gasteiger partial charge in [-0.25, -0.2) is 0 Å². The lowest BCUT2D eigenvalue weighted by atomic mass is 10.0. The zero-order valence-corrected chi connectivity index (χ0v) is 13.4. The molecule has 0 spiro atoms. The van der Waals surface area contributed by atoms with Gasteiger partial charge in [0.1, 0.15) is 6.04 Å². The second kappa shape index (κ2) is 9.75. The number of nitrogens with two attached hydrogens (primary N) is 2. The molecule has 0 aliphatic heterocycles. The van der Waals surface area contributed by atoms with Gasteiger partial charge in [0.05, 0.1) is 6.04 Å². The first-order valence-electron chi connectivity index (χ1n) is 7.72. The molecule has 0 saturated carbocycles. The van der Waals surface area contributed by atoms with Crippen LogP contribution in [0.1, 0.15) is 59.8 Å². The van der Waals surface area contributed by atoms with E-state index in [9.17, 15) is 9.59 Å². The Morgan fingerprint density at radius 1 is 1.10 bits per heavy atom. The highest BCUT2D eigenvalue weighted by Crippen LogP contribution is 2.14. The lowest BCUT2D eigenvalue weighted by Gasteiger charge is -2.33. The minimum Gasteiger partial charge on any atom is -0.368 e. The molecule has 0 aliphatic rings. The monoisotopic (exact) mass is 285 g/mol. The molecule has 2 atom stereocenters. The van der Waals surface area contributed by atoms with Crippen molar-refractivity contribution in [1.29, 1.82) is 0 Å². The number of carbonyl (C=O) groups excluding carboxylic acids is 2. The maximum absolute atomic E-state index is 12.5. The van der Waals surface area contributed by atoms with Crippen molar-refractivity contribution >= 4 is 11.8 Å². The van der Waals surface area contributed by atoms with Gasteiger partial charge in [0.2, 0.25) is 11.8 Å². The number of hydrogen-bond acceptors (Lipinski definition) is 3. The first kappa shape index (κ1) is 18.9. The van der Waals surface area contributed by atoms with E-state index in [-0.39, 0.29) is 11.8 Å². The number of primary amides is 1. The third kappa shape index (κ3) is 5.90. The maximum atomic E-state index is 12.5. The summed E-state index contributed by atoms with van der Waals surface area (Å²) in [7, 11) is 0. The lowest BCUT2D eigenvalue weighted by molar-refractivity contribution is -0.141. The first-order chi connectivity index (χ1) is 9.36. The molecule has 4 N–H and O–H groups in total. The van der Waals surface area contributed by atoms with Crippen LogP contribution in [0.15, 0.2) is 0 Å². The van der Waals surface area contributed by atoms with Gasteiger partial charge in [-0.05, 0) is 18.8 Å². The molecule has 0 aliphatic carbocycles. The van der Waals surface area contributed by atoms with Gasteiger partial charge in [0.15, 0.2) is 0 Å². The molecule has 0 aromatic heterocycles. The van der Waals surface area contributed by atoms with Crippen LogP contribution in [0.25, 0.3) is 0 Å². The van der Waals surface area contributed by atoms with Crippen molar-refractivity contribution in [3.05, 3.63) is 0 Å². The third-order valence-electron chi connectivity index (χ3n) is 3.57. The Labute approximate surface area is 123 Å². The van der Waals surface area contributed by atoms with Crippen molar-refractivity contribution in [2.75, 3.05) is 6.54 Å². The Bertz CT molecular complexity index is 305. The summed E-state index contributed by atoms with van der Waals surface area (Å²) in [5, 5.41) is 0. The molecule has 118 valence electrons. The molecule has 0 bridgehead atoms. The predicted octanol–water partition coefficient (Wildman–Crippen LogP) is 1.64. The van der Waals surface area contributed by atoms with Crippen molar-refractivity contribution in [2.45, 2.75) is 71.9 Å². The van der Waals surface area contributed by atoms with E-state index in [1.54, 1.807) is 4.90 Å². The fraction of sp³-hybridized carbons (Fsp3) is 0.867. The predicted molar refractivity (Wildman–Crippen MR) is 81.9 cm³/mol. The highest BCUT2D eigenvalue weighted by molar-refractivity contribution is 5.89. The third-order valence-corrected chi connectivity index (χ3v) is 3.57. The van der Waals surface area contributed by atoms with Crippen LogP contribution in [-0.4, -0.2) is 35.3 Å². The largest absolute Gasteiger partial charge is 0.368 e. The molecule has 0 aromatic carbocycles. The summed E-state index contributed by atoms with van der Waals surface area (Å²) in [4.78, 5) is 25.8. The molecule has 0 saturated heterocycles. The van der Waals surface area contributed by atoms with Crippen LogP contribution in [0.2, 0.25) is 0 Å². The highest BCUT2D eigenvalue weighted by atomic mass is 16.2. The Balaban J connectivity index is 5.06. The summed E-state index contributed by atoms with van der Waals surface area (Å²) in [6.07, 6.45) is 4.27. The van der Waals surface area contributed by atoms with Crippen LogP contribution >= 0.6 is 0 Å². The standard InChI is InChI=1S/C15H31N3O2/c1-5-7-9-12(14(17)19)18(10-8-6-2)15(20)13(16)11(3)4/h11-13H,5-10,16H2,1-4H3,(H2,17,19)/t12-,13-/m0/s1. The Morgan fingerprint density at radius 3 is 2.05 bits per heavy atom. The molecule has 20 heavy (non-hydrogen) atoms. The normalized spacial score (nSPS) is 14.1. The van der Waals surface area contributed by atoms with Crippen LogP contribution in [0.5, 0.6) is 0 Å². The number of carbonyl (C=O) groups is 2. The summed E-state index contributed by atoms with van der Waals surface area (Å²) in [6.45, 7) is 8.47. The van der Waals surface area contributed by atoms with Gasteiger partial charge in [0.25, 0.3) is 0 Å². The van der Waals surface area contributed by atoms with E-state index in [1.807, 2.05) is 13.8 Å². The molecule has 0 fully saturated rings. The van der Waals surface area contributed by atoms with Gasteiger partial charge in [-0.15, -0.1) is 0 Å². The Hall–Kier alpha value is -1.10.